The molecule has 0 radical (unpaired) electrons. The van der Waals surface area contributed by atoms with Crippen LogP contribution in [-0.4, -0.2) is 44.7 Å². The van der Waals surface area contributed by atoms with Crippen LogP contribution in [0.1, 0.15) is 5.56 Å². The third kappa shape index (κ3) is 6.43. The van der Waals surface area contributed by atoms with Crippen molar-refractivity contribution in [2.45, 2.75) is 5.16 Å². The minimum absolute atomic E-state index is 0.124. The molecule has 176 valence electrons. The van der Waals surface area contributed by atoms with Gasteiger partial charge >= 0.3 is 0 Å². The quantitative estimate of drug-likeness (QED) is 0.179. The smallest absolute Gasteiger partial charge is 0.250 e. The summed E-state index contributed by atoms with van der Waals surface area (Å²) in [5.74, 6) is 1.29. The van der Waals surface area contributed by atoms with E-state index in [9.17, 15) is 4.79 Å². The maximum Gasteiger partial charge on any atom is 0.250 e. The number of hydrogen-bond donors (Lipinski definition) is 1. The topological polar surface area (TPSA) is 94.3 Å². The molecule has 4 aromatic rings. The van der Waals surface area contributed by atoms with Crippen molar-refractivity contribution in [1.82, 2.24) is 25.2 Å². The van der Waals surface area contributed by atoms with E-state index in [1.807, 2.05) is 71.3 Å². The molecular formula is C25H21BrN6O2S. The first-order valence-electron chi connectivity index (χ1n) is 10.5. The number of nitrogens with one attached hydrogen (secondary N) is 1. The van der Waals surface area contributed by atoms with E-state index in [1.165, 1.54) is 18.0 Å². The van der Waals surface area contributed by atoms with Gasteiger partial charge in [-0.15, -0.1) is 10.2 Å². The molecule has 1 amide bonds. The number of pyridine rings is 1. The second kappa shape index (κ2) is 12.1. The van der Waals surface area contributed by atoms with Crippen LogP contribution in [0.2, 0.25) is 0 Å². The van der Waals surface area contributed by atoms with E-state index in [0.29, 0.717) is 11.0 Å². The van der Waals surface area contributed by atoms with Gasteiger partial charge in [0.15, 0.2) is 11.0 Å². The molecule has 4 rings (SSSR count). The molecule has 10 heteroatoms. The van der Waals surface area contributed by atoms with Gasteiger partial charge in [0, 0.05) is 39.9 Å². The molecule has 35 heavy (non-hydrogen) atoms. The monoisotopic (exact) mass is 548 g/mol. The van der Waals surface area contributed by atoms with Crippen molar-refractivity contribution in [3.8, 4) is 22.8 Å². The van der Waals surface area contributed by atoms with Gasteiger partial charge in [-0.25, -0.2) is 5.43 Å². The van der Waals surface area contributed by atoms with Gasteiger partial charge in [-0.1, -0.05) is 45.9 Å². The molecule has 0 unspecified atom stereocenters. The van der Waals surface area contributed by atoms with E-state index < -0.39 is 0 Å². The minimum atomic E-state index is -0.257. The van der Waals surface area contributed by atoms with E-state index in [-0.39, 0.29) is 11.7 Å². The molecule has 2 aromatic carbocycles. The Balaban J connectivity index is 1.42. The number of methoxy groups -OCH3 is 1. The van der Waals surface area contributed by atoms with Crippen molar-refractivity contribution in [3.63, 3.8) is 0 Å². The number of rotatable bonds is 9. The molecular weight excluding hydrogens is 528 g/mol. The Morgan fingerprint density at radius 1 is 1.11 bits per heavy atom. The number of aromatic nitrogens is 4. The lowest BCUT2D eigenvalue weighted by Crippen LogP contribution is -2.19. The molecule has 0 spiro atoms. The van der Waals surface area contributed by atoms with Crippen LogP contribution in [-0.2, 0) is 4.79 Å². The number of ether oxygens (including phenoxy) is 1. The highest BCUT2D eigenvalue weighted by Gasteiger charge is 2.17. The number of halogens is 1. The standard InChI is InChI=1S/C25H21BrN6O2S/c1-34-22-7-3-2-5-18(22)6-4-14-28-29-23(33)17-35-25-31-30-24(19-12-15-27-16-13-19)32(25)21-10-8-20(26)9-11-21/h2-16H,17H2,1H3,(H,29,33). The summed E-state index contributed by atoms with van der Waals surface area (Å²) >= 11 is 4.74. The number of hydrazone groups is 1. The van der Waals surface area contributed by atoms with Crippen LogP contribution in [0.4, 0.5) is 0 Å². The first-order chi connectivity index (χ1) is 17.2. The van der Waals surface area contributed by atoms with Gasteiger partial charge < -0.3 is 4.74 Å². The third-order valence-electron chi connectivity index (χ3n) is 4.75. The lowest BCUT2D eigenvalue weighted by Gasteiger charge is -2.10. The van der Waals surface area contributed by atoms with Gasteiger partial charge in [0.1, 0.15) is 5.75 Å². The van der Waals surface area contributed by atoms with Crippen molar-refractivity contribution in [3.05, 3.63) is 89.2 Å². The molecule has 0 atom stereocenters. The van der Waals surface area contributed by atoms with E-state index in [2.05, 4.69) is 41.6 Å². The van der Waals surface area contributed by atoms with Crippen LogP contribution in [0.15, 0.2) is 93.9 Å². The SMILES string of the molecule is COc1ccccc1C=CC=NNC(=O)CSc1nnc(-c2ccncc2)n1-c1ccc(Br)cc1. The van der Waals surface area contributed by atoms with E-state index >= 15 is 0 Å². The maximum absolute atomic E-state index is 12.4. The summed E-state index contributed by atoms with van der Waals surface area (Å²) in [5, 5.41) is 13.3. The largest absolute Gasteiger partial charge is 0.496 e. The highest BCUT2D eigenvalue weighted by atomic mass is 79.9. The highest BCUT2D eigenvalue weighted by molar-refractivity contribution is 9.10. The number of allylic oxidation sites excluding steroid dienone is 1. The molecule has 8 nitrogen and oxygen atoms in total. The van der Waals surface area contributed by atoms with Gasteiger partial charge in [-0.05, 0) is 54.6 Å². The number of benzene rings is 2. The maximum atomic E-state index is 12.4. The fraction of sp³-hybridized carbons (Fsp3) is 0.0800. The predicted molar refractivity (Wildman–Crippen MR) is 142 cm³/mol. The summed E-state index contributed by atoms with van der Waals surface area (Å²) < 4.78 is 8.18. The lowest BCUT2D eigenvalue weighted by molar-refractivity contribution is -0.118. The second-order valence-corrected chi connectivity index (χ2v) is 8.91. The highest BCUT2D eigenvalue weighted by Crippen LogP contribution is 2.28. The third-order valence-corrected chi connectivity index (χ3v) is 6.21. The van der Waals surface area contributed by atoms with E-state index in [4.69, 9.17) is 4.74 Å². The van der Waals surface area contributed by atoms with E-state index in [1.54, 1.807) is 25.6 Å². The molecule has 1 N–H and O–H groups in total. The summed E-state index contributed by atoms with van der Waals surface area (Å²) in [6.45, 7) is 0. The Kier molecular flexibility index (Phi) is 8.42. The van der Waals surface area contributed by atoms with Crippen LogP contribution >= 0.6 is 27.7 Å². The van der Waals surface area contributed by atoms with Gasteiger partial charge in [-0.2, -0.15) is 5.10 Å². The lowest BCUT2D eigenvalue weighted by atomic mass is 10.2. The van der Waals surface area contributed by atoms with Crippen molar-refractivity contribution in [1.29, 1.82) is 0 Å². The average molecular weight is 549 g/mol. The second-order valence-electron chi connectivity index (χ2n) is 7.06. The fourth-order valence-corrected chi connectivity index (χ4v) is 4.15. The Hall–Kier alpha value is -3.76. The molecule has 2 heterocycles. The zero-order valence-corrected chi connectivity index (χ0v) is 21.1. The zero-order chi connectivity index (χ0) is 24.5. The number of nitrogens with zero attached hydrogens (tertiary/aromatic N) is 5. The first-order valence-corrected chi connectivity index (χ1v) is 12.3. The van der Waals surface area contributed by atoms with Crippen molar-refractivity contribution < 1.29 is 9.53 Å². The molecule has 0 saturated carbocycles. The molecule has 0 fully saturated rings. The Morgan fingerprint density at radius 3 is 2.66 bits per heavy atom. The van der Waals surface area contributed by atoms with Crippen LogP contribution in [0, 0.1) is 0 Å². The summed E-state index contributed by atoms with van der Waals surface area (Å²) in [5.41, 5.74) is 5.20. The average Bonchev–Trinajstić information content (AvgIpc) is 3.32. The fourth-order valence-electron chi connectivity index (χ4n) is 3.14. The Labute approximate surface area is 215 Å². The molecule has 0 aliphatic carbocycles. The number of para-hydroxylation sites is 1. The van der Waals surface area contributed by atoms with Crippen LogP contribution in [0.5, 0.6) is 5.75 Å². The summed E-state index contributed by atoms with van der Waals surface area (Å²) in [6.07, 6.45) is 8.51. The number of hydrogen-bond acceptors (Lipinski definition) is 7. The van der Waals surface area contributed by atoms with Gasteiger partial charge in [-0.3, -0.25) is 14.3 Å². The number of thioether (sulfide) groups is 1. The normalized spacial score (nSPS) is 11.3. The first kappa shape index (κ1) is 24.4. The van der Waals surface area contributed by atoms with Crippen molar-refractivity contribution in [2.75, 3.05) is 12.9 Å². The number of carbonyl (C=O) groups excluding carboxylic acids is 1. The minimum Gasteiger partial charge on any atom is -0.496 e. The summed E-state index contributed by atoms with van der Waals surface area (Å²) in [4.78, 5) is 16.4. The van der Waals surface area contributed by atoms with Crippen molar-refractivity contribution in [2.24, 2.45) is 5.10 Å². The molecule has 0 aliphatic heterocycles. The van der Waals surface area contributed by atoms with E-state index in [0.717, 1.165) is 27.0 Å². The Bertz CT molecular complexity index is 1340. The Morgan fingerprint density at radius 2 is 1.89 bits per heavy atom. The molecule has 2 aromatic heterocycles. The van der Waals surface area contributed by atoms with Crippen LogP contribution < -0.4 is 10.2 Å². The summed E-state index contributed by atoms with van der Waals surface area (Å²) in [6, 6.07) is 19.2. The molecule has 0 saturated heterocycles. The van der Waals surface area contributed by atoms with Gasteiger partial charge in [0.05, 0.1) is 12.9 Å². The van der Waals surface area contributed by atoms with Gasteiger partial charge in [0.25, 0.3) is 5.91 Å². The number of amides is 1. The molecule has 0 aliphatic rings. The molecule has 0 bridgehead atoms. The predicted octanol–water partition coefficient (Wildman–Crippen LogP) is 5.01. The van der Waals surface area contributed by atoms with Crippen LogP contribution in [0.3, 0.4) is 0 Å². The van der Waals surface area contributed by atoms with Gasteiger partial charge in [0.2, 0.25) is 0 Å². The zero-order valence-electron chi connectivity index (χ0n) is 18.7. The summed E-state index contributed by atoms with van der Waals surface area (Å²) in [7, 11) is 1.62. The van der Waals surface area contributed by atoms with Crippen molar-refractivity contribution >= 4 is 45.9 Å². The number of carbonyl (C=O) groups is 1. The van der Waals surface area contributed by atoms with Crippen LogP contribution in [0.25, 0.3) is 23.2 Å².